The van der Waals surface area contributed by atoms with Crippen LogP contribution in [0.1, 0.15) is 22.9 Å². The lowest BCUT2D eigenvalue weighted by Crippen LogP contribution is -2.33. The van der Waals surface area contributed by atoms with E-state index in [0.717, 1.165) is 77.5 Å². The first-order valence-corrected chi connectivity index (χ1v) is 17.8. The molecule has 6 heteroatoms. The van der Waals surface area contributed by atoms with Gasteiger partial charge in [-0.1, -0.05) is 121 Å². The molecule has 0 saturated carbocycles. The standard InChI is InChI=1S/C45H27N3O2S/c1-2-11-26(12-3-1)43-46-44(27-23-24-29-28-13-5-7-22-38(28)51-39(29)25-27)48-45(47-43)34-18-10-21-37-41(34)33-17-8-16-31(42(33)50-37)30-15-9-20-36-40(30)32-14-4-6-19-35(32)49-36/h1-25,43H,(H,46,47,48). The average molecular weight is 674 g/mol. The van der Waals surface area contributed by atoms with Crippen LogP contribution in [0.5, 0.6) is 0 Å². The minimum atomic E-state index is -0.317. The molecule has 1 atom stereocenters. The largest absolute Gasteiger partial charge is 0.456 e. The van der Waals surface area contributed by atoms with Crippen molar-refractivity contribution in [3.8, 4) is 11.1 Å². The van der Waals surface area contributed by atoms with Crippen LogP contribution in [0, 0.1) is 0 Å². The molecular weight excluding hydrogens is 647 g/mol. The average Bonchev–Trinajstić information content (AvgIpc) is 3.89. The molecule has 7 aromatic carbocycles. The van der Waals surface area contributed by atoms with E-state index in [1.54, 1.807) is 11.3 Å². The van der Waals surface area contributed by atoms with Gasteiger partial charge in [-0.2, -0.15) is 0 Å². The van der Waals surface area contributed by atoms with E-state index >= 15 is 0 Å². The Kier molecular flexibility index (Phi) is 6.12. The van der Waals surface area contributed by atoms with Crippen molar-refractivity contribution in [2.75, 3.05) is 0 Å². The summed E-state index contributed by atoms with van der Waals surface area (Å²) in [6.07, 6.45) is -0.317. The van der Waals surface area contributed by atoms with Gasteiger partial charge in [-0.15, -0.1) is 11.3 Å². The smallest absolute Gasteiger partial charge is 0.159 e. The zero-order chi connectivity index (χ0) is 33.5. The second-order valence-electron chi connectivity index (χ2n) is 12.9. The third kappa shape index (κ3) is 4.40. The molecule has 0 radical (unpaired) electrons. The van der Waals surface area contributed by atoms with Gasteiger partial charge in [0.1, 0.15) is 34.3 Å². The van der Waals surface area contributed by atoms with Crippen molar-refractivity contribution in [3.05, 3.63) is 168 Å². The van der Waals surface area contributed by atoms with Crippen LogP contribution < -0.4 is 5.32 Å². The minimum absolute atomic E-state index is 0.317. The van der Waals surface area contributed by atoms with E-state index in [-0.39, 0.29) is 6.17 Å². The fourth-order valence-corrected chi connectivity index (χ4v) is 8.79. The van der Waals surface area contributed by atoms with Gasteiger partial charge >= 0.3 is 0 Å². The molecule has 4 heterocycles. The molecule has 1 N–H and O–H groups in total. The number of thiophene rings is 1. The summed E-state index contributed by atoms with van der Waals surface area (Å²) in [5, 5.41) is 10.4. The summed E-state index contributed by atoms with van der Waals surface area (Å²) in [5.74, 6) is 1.45. The number of amidine groups is 2. The monoisotopic (exact) mass is 673 g/mol. The quantitative estimate of drug-likeness (QED) is 0.202. The molecule has 0 spiro atoms. The van der Waals surface area contributed by atoms with E-state index in [0.29, 0.717) is 5.84 Å². The maximum Gasteiger partial charge on any atom is 0.159 e. The fraction of sp³-hybridized carbons (Fsp3) is 0.0222. The highest BCUT2D eigenvalue weighted by atomic mass is 32.1. The zero-order valence-electron chi connectivity index (χ0n) is 27.1. The first kappa shape index (κ1) is 28.3. The Morgan fingerprint density at radius 1 is 0.510 bits per heavy atom. The van der Waals surface area contributed by atoms with Gasteiger partial charge in [0.2, 0.25) is 0 Å². The molecule has 1 aliphatic heterocycles. The third-order valence-electron chi connectivity index (χ3n) is 9.97. The summed E-state index contributed by atoms with van der Waals surface area (Å²) in [4.78, 5) is 10.4. The summed E-state index contributed by atoms with van der Waals surface area (Å²) >= 11 is 1.80. The van der Waals surface area contributed by atoms with Gasteiger partial charge in [-0.25, -0.2) is 9.98 Å². The maximum absolute atomic E-state index is 6.76. The Balaban J connectivity index is 1.10. The maximum atomic E-state index is 6.76. The van der Waals surface area contributed by atoms with Gasteiger partial charge in [-0.05, 0) is 41.5 Å². The molecule has 0 saturated heterocycles. The summed E-state index contributed by atoms with van der Waals surface area (Å²) in [5.41, 5.74) is 8.48. The second-order valence-corrected chi connectivity index (χ2v) is 14.0. The van der Waals surface area contributed by atoms with Crippen LogP contribution in [0.25, 0.3) is 75.2 Å². The Labute approximate surface area is 295 Å². The van der Waals surface area contributed by atoms with E-state index in [9.17, 15) is 0 Å². The number of rotatable bonds is 4. The van der Waals surface area contributed by atoms with Crippen LogP contribution in [-0.4, -0.2) is 11.7 Å². The number of benzene rings is 7. The predicted octanol–water partition coefficient (Wildman–Crippen LogP) is 12.0. The molecule has 51 heavy (non-hydrogen) atoms. The molecule has 11 rings (SSSR count). The van der Waals surface area contributed by atoms with Crippen LogP contribution in [-0.2, 0) is 0 Å². The summed E-state index contributed by atoms with van der Waals surface area (Å²) < 4.78 is 15.5. The van der Waals surface area contributed by atoms with Gasteiger partial charge in [0.05, 0.1) is 0 Å². The highest BCUT2D eigenvalue weighted by Crippen LogP contribution is 2.42. The number of para-hydroxylation sites is 2. The van der Waals surface area contributed by atoms with Crippen molar-refractivity contribution in [2.24, 2.45) is 9.98 Å². The predicted molar refractivity (Wildman–Crippen MR) is 211 cm³/mol. The van der Waals surface area contributed by atoms with Crippen LogP contribution in [0.4, 0.5) is 0 Å². The Bertz CT molecular complexity index is 3070. The number of hydrogen-bond acceptors (Lipinski definition) is 6. The van der Waals surface area contributed by atoms with Gasteiger partial charge < -0.3 is 14.2 Å². The number of hydrogen-bond donors (Lipinski definition) is 1. The van der Waals surface area contributed by atoms with Gasteiger partial charge in [0.25, 0.3) is 0 Å². The van der Waals surface area contributed by atoms with Crippen LogP contribution in [0.3, 0.4) is 0 Å². The topological polar surface area (TPSA) is 63.0 Å². The molecule has 0 amide bonds. The lowest BCUT2D eigenvalue weighted by molar-refractivity contribution is 0.668. The molecule has 0 bridgehead atoms. The number of furan rings is 2. The number of fused-ring (bicyclic) bond motifs is 9. The number of nitrogens with zero attached hydrogens (tertiary/aromatic N) is 2. The molecule has 0 fully saturated rings. The zero-order valence-corrected chi connectivity index (χ0v) is 27.9. The molecule has 240 valence electrons. The van der Waals surface area contributed by atoms with E-state index in [1.165, 1.54) is 20.2 Å². The molecule has 1 unspecified atom stereocenters. The van der Waals surface area contributed by atoms with Crippen molar-refractivity contribution >= 4 is 87.1 Å². The third-order valence-corrected chi connectivity index (χ3v) is 11.1. The van der Waals surface area contributed by atoms with E-state index in [1.807, 2.05) is 42.5 Å². The Morgan fingerprint density at radius 2 is 1.18 bits per heavy atom. The first-order valence-electron chi connectivity index (χ1n) is 17.0. The Hall–Kier alpha value is -6.50. The SMILES string of the molecule is c1ccc(C2N=C(c3ccc4c(c3)sc3ccccc34)N=C(c3cccc4oc5c(-c6cccc7oc8ccccc8c67)cccc5c34)N2)cc1. The molecular formula is C45H27N3O2S. The van der Waals surface area contributed by atoms with E-state index < -0.39 is 0 Å². The second kappa shape index (κ2) is 11.0. The fourth-order valence-electron chi connectivity index (χ4n) is 7.64. The van der Waals surface area contributed by atoms with Gasteiger partial charge in [0, 0.05) is 58.4 Å². The number of nitrogens with one attached hydrogen (secondary N) is 1. The van der Waals surface area contributed by atoms with Crippen molar-refractivity contribution in [2.45, 2.75) is 6.17 Å². The molecule has 3 aromatic heterocycles. The molecule has 5 nitrogen and oxygen atoms in total. The lowest BCUT2D eigenvalue weighted by atomic mass is 9.96. The van der Waals surface area contributed by atoms with Crippen molar-refractivity contribution in [1.29, 1.82) is 0 Å². The molecule has 1 aliphatic rings. The normalized spacial score (nSPS) is 14.9. The minimum Gasteiger partial charge on any atom is -0.456 e. The summed E-state index contributed by atoms with van der Waals surface area (Å²) in [7, 11) is 0. The Morgan fingerprint density at radius 3 is 2.08 bits per heavy atom. The van der Waals surface area contributed by atoms with Crippen molar-refractivity contribution in [3.63, 3.8) is 0 Å². The van der Waals surface area contributed by atoms with Gasteiger partial charge in [0.15, 0.2) is 5.84 Å². The van der Waals surface area contributed by atoms with Crippen LogP contribution >= 0.6 is 11.3 Å². The van der Waals surface area contributed by atoms with Crippen LogP contribution in [0.15, 0.2) is 170 Å². The van der Waals surface area contributed by atoms with Gasteiger partial charge in [-0.3, -0.25) is 0 Å². The highest BCUT2D eigenvalue weighted by Gasteiger charge is 2.25. The summed E-state index contributed by atoms with van der Waals surface area (Å²) in [6.45, 7) is 0. The van der Waals surface area contributed by atoms with Crippen LogP contribution in [0.2, 0.25) is 0 Å². The van der Waals surface area contributed by atoms with E-state index in [2.05, 4.69) is 115 Å². The number of aliphatic imine (C=N–C) groups is 2. The first-order chi connectivity index (χ1) is 25.3. The highest BCUT2D eigenvalue weighted by molar-refractivity contribution is 7.25. The van der Waals surface area contributed by atoms with Crippen molar-refractivity contribution < 1.29 is 8.83 Å². The van der Waals surface area contributed by atoms with E-state index in [4.69, 9.17) is 18.8 Å². The lowest BCUT2D eigenvalue weighted by Gasteiger charge is -2.24. The molecule has 0 aliphatic carbocycles. The van der Waals surface area contributed by atoms with Crippen molar-refractivity contribution in [1.82, 2.24) is 5.32 Å². The molecule has 10 aromatic rings. The summed E-state index contributed by atoms with van der Waals surface area (Å²) in [6, 6.07) is 52.5.